The van der Waals surface area contributed by atoms with E-state index in [1.165, 1.54) is 11.1 Å². The third-order valence-electron chi connectivity index (χ3n) is 4.84. The Morgan fingerprint density at radius 3 is 3.21 bits per heavy atom. The molecular formula is C16H19NO2. The molecule has 0 amide bonds. The molecule has 1 aliphatic carbocycles. The highest BCUT2D eigenvalue weighted by Gasteiger charge is 2.51. The van der Waals surface area contributed by atoms with E-state index >= 15 is 0 Å². The molecule has 1 spiro atoms. The van der Waals surface area contributed by atoms with E-state index < -0.39 is 0 Å². The van der Waals surface area contributed by atoms with Gasteiger partial charge in [-0.2, -0.15) is 0 Å². The fourth-order valence-electron chi connectivity index (χ4n) is 3.90. The SMILES string of the molecule is CN1CCC23C=CC(O)CC2Oc2cccc(c23)C1. The van der Waals surface area contributed by atoms with Crippen molar-refractivity contribution >= 4 is 0 Å². The van der Waals surface area contributed by atoms with Crippen LogP contribution in [0.15, 0.2) is 30.4 Å². The van der Waals surface area contributed by atoms with Crippen LogP contribution >= 0.6 is 0 Å². The zero-order chi connectivity index (χ0) is 13.0. The zero-order valence-corrected chi connectivity index (χ0v) is 11.2. The number of aliphatic hydroxyl groups excluding tert-OH is 1. The Hall–Kier alpha value is -1.32. The van der Waals surface area contributed by atoms with Gasteiger partial charge in [-0.15, -0.1) is 0 Å². The first-order valence-corrected chi connectivity index (χ1v) is 7.04. The van der Waals surface area contributed by atoms with Crippen molar-refractivity contribution < 1.29 is 9.84 Å². The van der Waals surface area contributed by atoms with Crippen LogP contribution in [0, 0.1) is 0 Å². The second-order valence-corrected chi connectivity index (χ2v) is 6.09. The number of ether oxygens (including phenoxy) is 1. The summed E-state index contributed by atoms with van der Waals surface area (Å²) in [7, 11) is 2.17. The molecule has 0 bridgehead atoms. The third kappa shape index (κ3) is 1.52. The summed E-state index contributed by atoms with van der Waals surface area (Å²) in [6, 6.07) is 6.37. The van der Waals surface area contributed by atoms with Gasteiger partial charge in [0.05, 0.1) is 11.5 Å². The lowest BCUT2D eigenvalue weighted by molar-refractivity contribution is 0.0836. The van der Waals surface area contributed by atoms with Crippen molar-refractivity contribution in [3.05, 3.63) is 41.5 Å². The van der Waals surface area contributed by atoms with E-state index in [-0.39, 0.29) is 17.6 Å². The van der Waals surface area contributed by atoms with Crippen LogP contribution in [-0.2, 0) is 12.0 Å². The second-order valence-electron chi connectivity index (χ2n) is 6.09. The van der Waals surface area contributed by atoms with Crippen molar-refractivity contribution in [1.29, 1.82) is 0 Å². The smallest absolute Gasteiger partial charge is 0.124 e. The lowest BCUT2D eigenvalue weighted by Crippen LogP contribution is -2.42. The van der Waals surface area contributed by atoms with E-state index in [9.17, 15) is 5.11 Å². The monoisotopic (exact) mass is 257 g/mol. The molecule has 3 aliphatic rings. The fraction of sp³-hybridized carbons (Fsp3) is 0.500. The molecule has 4 rings (SSSR count). The Labute approximate surface area is 113 Å². The van der Waals surface area contributed by atoms with E-state index in [0.717, 1.165) is 25.3 Å². The molecule has 3 unspecified atom stereocenters. The molecule has 100 valence electrons. The van der Waals surface area contributed by atoms with Crippen molar-refractivity contribution in [2.45, 2.75) is 37.0 Å². The van der Waals surface area contributed by atoms with Gasteiger partial charge in [0.2, 0.25) is 0 Å². The summed E-state index contributed by atoms with van der Waals surface area (Å²) < 4.78 is 6.16. The quantitative estimate of drug-likeness (QED) is 0.720. The highest BCUT2D eigenvalue weighted by molar-refractivity contribution is 5.54. The summed E-state index contributed by atoms with van der Waals surface area (Å²) in [5.41, 5.74) is 2.73. The minimum absolute atomic E-state index is 0.0179. The summed E-state index contributed by atoms with van der Waals surface area (Å²) in [6.45, 7) is 2.05. The summed E-state index contributed by atoms with van der Waals surface area (Å²) in [5, 5.41) is 9.88. The molecule has 2 heterocycles. The number of hydrogen-bond donors (Lipinski definition) is 1. The van der Waals surface area contributed by atoms with Gasteiger partial charge in [-0.05, 0) is 31.6 Å². The fourth-order valence-corrected chi connectivity index (χ4v) is 3.90. The van der Waals surface area contributed by atoms with Gasteiger partial charge in [0.15, 0.2) is 0 Å². The van der Waals surface area contributed by atoms with E-state index in [1.54, 1.807) is 0 Å². The zero-order valence-electron chi connectivity index (χ0n) is 11.2. The van der Waals surface area contributed by atoms with Crippen molar-refractivity contribution in [3.63, 3.8) is 0 Å². The van der Waals surface area contributed by atoms with Gasteiger partial charge in [0.25, 0.3) is 0 Å². The predicted octanol–water partition coefficient (Wildman–Crippen LogP) is 1.84. The van der Waals surface area contributed by atoms with Gasteiger partial charge in [-0.1, -0.05) is 24.3 Å². The molecule has 0 saturated carbocycles. The minimum atomic E-state index is -0.366. The summed E-state index contributed by atoms with van der Waals surface area (Å²) in [6.07, 6.45) is 5.66. The first-order valence-electron chi connectivity index (χ1n) is 7.04. The van der Waals surface area contributed by atoms with Gasteiger partial charge in [-0.25, -0.2) is 0 Å². The van der Waals surface area contributed by atoms with Gasteiger partial charge < -0.3 is 14.7 Å². The Balaban J connectivity index is 1.93. The van der Waals surface area contributed by atoms with Crippen molar-refractivity contribution in [3.8, 4) is 5.75 Å². The normalized spacial score (nSPS) is 36.3. The number of hydrogen-bond acceptors (Lipinski definition) is 3. The lowest BCUT2D eigenvalue weighted by Gasteiger charge is -2.35. The maximum atomic E-state index is 9.88. The van der Waals surface area contributed by atoms with Gasteiger partial charge >= 0.3 is 0 Å². The summed E-state index contributed by atoms with van der Waals surface area (Å²) >= 11 is 0. The molecule has 1 aromatic rings. The van der Waals surface area contributed by atoms with E-state index in [0.29, 0.717) is 6.42 Å². The Morgan fingerprint density at radius 2 is 2.32 bits per heavy atom. The third-order valence-corrected chi connectivity index (χ3v) is 4.84. The first-order chi connectivity index (χ1) is 9.19. The van der Waals surface area contributed by atoms with Crippen LogP contribution in [0.3, 0.4) is 0 Å². The van der Waals surface area contributed by atoms with E-state index in [2.05, 4.69) is 36.2 Å². The van der Waals surface area contributed by atoms with Crippen LogP contribution in [0.25, 0.3) is 0 Å². The number of benzene rings is 1. The largest absolute Gasteiger partial charge is 0.489 e. The van der Waals surface area contributed by atoms with Gasteiger partial charge in [0.1, 0.15) is 11.9 Å². The molecule has 0 saturated heterocycles. The second kappa shape index (κ2) is 3.84. The molecule has 19 heavy (non-hydrogen) atoms. The van der Waals surface area contributed by atoms with Gasteiger partial charge in [-0.3, -0.25) is 0 Å². The molecule has 1 aromatic carbocycles. The van der Waals surface area contributed by atoms with Crippen LogP contribution in [0.4, 0.5) is 0 Å². The molecule has 0 radical (unpaired) electrons. The molecule has 1 N–H and O–H groups in total. The lowest BCUT2D eigenvalue weighted by atomic mass is 9.69. The molecule has 0 fully saturated rings. The summed E-state index contributed by atoms with van der Waals surface area (Å²) in [5.74, 6) is 1.02. The maximum absolute atomic E-state index is 9.88. The van der Waals surface area contributed by atoms with Gasteiger partial charge in [0, 0.05) is 18.5 Å². The van der Waals surface area contributed by atoms with Crippen LogP contribution < -0.4 is 4.74 Å². The van der Waals surface area contributed by atoms with Crippen LogP contribution in [0.2, 0.25) is 0 Å². The predicted molar refractivity (Wildman–Crippen MR) is 73.3 cm³/mol. The van der Waals surface area contributed by atoms with Crippen LogP contribution in [-0.4, -0.2) is 35.8 Å². The molecular weight excluding hydrogens is 238 g/mol. The Morgan fingerprint density at radius 1 is 1.42 bits per heavy atom. The molecule has 0 aromatic heterocycles. The number of nitrogens with zero attached hydrogens (tertiary/aromatic N) is 1. The average molecular weight is 257 g/mol. The average Bonchev–Trinajstić information content (AvgIpc) is 2.63. The highest BCUT2D eigenvalue weighted by atomic mass is 16.5. The topological polar surface area (TPSA) is 32.7 Å². The number of aliphatic hydroxyl groups is 1. The van der Waals surface area contributed by atoms with Crippen LogP contribution in [0.5, 0.6) is 5.75 Å². The maximum Gasteiger partial charge on any atom is 0.124 e. The molecule has 3 heteroatoms. The Bertz CT molecular complexity index is 554. The molecule has 3 atom stereocenters. The number of rotatable bonds is 0. The highest BCUT2D eigenvalue weighted by Crippen LogP contribution is 2.52. The van der Waals surface area contributed by atoms with Crippen LogP contribution in [0.1, 0.15) is 24.0 Å². The van der Waals surface area contributed by atoms with Crippen molar-refractivity contribution in [2.75, 3.05) is 13.6 Å². The van der Waals surface area contributed by atoms with Crippen molar-refractivity contribution in [1.82, 2.24) is 4.90 Å². The minimum Gasteiger partial charge on any atom is -0.489 e. The standard InChI is InChI=1S/C16H19NO2/c1-17-8-7-16-6-5-12(18)9-14(16)19-13-4-2-3-11(10-17)15(13)16/h2-6,12,14,18H,7-10H2,1H3. The van der Waals surface area contributed by atoms with Crippen molar-refractivity contribution in [2.24, 2.45) is 0 Å². The van der Waals surface area contributed by atoms with E-state index in [1.807, 2.05) is 6.08 Å². The first kappa shape index (κ1) is 11.5. The van der Waals surface area contributed by atoms with E-state index in [4.69, 9.17) is 4.74 Å². The molecule has 3 nitrogen and oxygen atoms in total. The Kier molecular flexibility index (Phi) is 2.32. The molecule has 2 aliphatic heterocycles. The summed E-state index contributed by atoms with van der Waals surface area (Å²) in [4.78, 5) is 2.37.